The normalized spacial score (nSPS) is 14.5. The first kappa shape index (κ1) is 10.4. The summed E-state index contributed by atoms with van der Waals surface area (Å²) in [6.45, 7) is 2.81. The number of carboxylic acid groups (broad SMARTS) is 1. The molecule has 0 saturated heterocycles. The molecule has 0 aliphatic heterocycles. The summed E-state index contributed by atoms with van der Waals surface area (Å²) in [7, 11) is 0. The maximum Gasteiger partial charge on any atom is 0.320 e. The summed E-state index contributed by atoms with van der Waals surface area (Å²) in [5, 5.41) is 8.33. The molecule has 0 aromatic carbocycles. The molecule has 3 nitrogen and oxygen atoms in total. The van der Waals surface area contributed by atoms with Gasteiger partial charge in [-0.1, -0.05) is 0 Å². The van der Waals surface area contributed by atoms with E-state index in [0.717, 1.165) is 0 Å². The molecule has 0 aromatic rings. The van der Waals surface area contributed by atoms with Crippen molar-refractivity contribution in [2.24, 2.45) is 5.73 Å². The van der Waals surface area contributed by atoms with Gasteiger partial charge in [-0.15, -0.1) is 0 Å². The average molecular weight is 163 g/mol. The Labute approximate surface area is 65.4 Å². The first-order valence-electron chi connectivity index (χ1n) is 3.50. The van der Waals surface area contributed by atoms with Gasteiger partial charge in [-0.25, -0.2) is 4.39 Å². The minimum atomic E-state index is -1.33. The Bertz CT molecular complexity index is 142. The molecule has 0 spiro atoms. The summed E-state index contributed by atoms with van der Waals surface area (Å²) in [6, 6.07) is -0.940. The Morgan fingerprint density at radius 1 is 1.73 bits per heavy atom. The summed E-state index contributed by atoms with van der Waals surface area (Å²) >= 11 is 0. The second-order valence-corrected chi connectivity index (χ2v) is 3.20. The molecule has 11 heavy (non-hydrogen) atoms. The fraction of sp³-hybridized carbons (Fsp3) is 0.857. The van der Waals surface area contributed by atoms with Crippen LogP contribution in [0.2, 0.25) is 0 Å². The van der Waals surface area contributed by atoms with Crippen LogP contribution in [-0.4, -0.2) is 22.8 Å². The fourth-order valence-electron chi connectivity index (χ4n) is 0.622. The highest BCUT2D eigenvalue weighted by atomic mass is 19.1. The van der Waals surface area contributed by atoms with E-state index in [1.54, 1.807) is 0 Å². The highest BCUT2D eigenvalue weighted by Gasteiger charge is 2.19. The standard InChI is InChI=1S/C7H14FNO2/c1-7(2,8)4-3-5(9)6(10)11/h5H,3-4,9H2,1-2H3,(H,10,11). The van der Waals surface area contributed by atoms with Crippen molar-refractivity contribution in [3.8, 4) is 0 Å². The summed E-state index contributed by atoms with van der Waals surface area (Å²) < 4.78 is 12.8. The van der Waals surface area contributed by atoms with Gasteiger partial charge in [0.15, 0.2) is 0 Å². The molecule has 0 fully saturated rings. The lowest BCUT2D eigenvalue weighted by Gasteiger charge is -2.14. The second kappa shape index (κ2) is 3.67. The van der Waals surface area contributed by atoms with Crippen molar-refractivity contribution >= 4 is 5.97 Å². The van der Waals surface area contributed by atoms with Crippen LogP contribution in [0.1, 0.15) is 26.7 Å². The van der Waals surface area contributed by atoms with Crippen molar-refractivity contribution in [2.75, 3.05) is 0 Å². The first-order chi connectivity index (χ1) is 4.83. The molecule has 0 aromatic heterocycles. The smallest absolute Gasteiger partial charge is 0.320 e. The molecule has 0 amide bonds. The molecule has 0 saturated carbocycles. The molecule has 0 rings (SSSR count). The zero-order chi connectivity index (χ0) is 9.07. The van der Waals surface area contributed by atoms with Crippen molar-refractivity contribution in [3.63, 3.8) is 0 Å². The minimum Gasteiger partial charge on any atom is -0.480 e. The van der Waals surface area contributed by atoms with Crippen LogP contribution in [0.25, 0.3) is 0 Å². The molecule has 0 radical (unpaired) electrons. The topological polar surface area (TPSA) is 63.3 Å². The maximum absolute atomic E-state index is 12.8. The molecule has 0 bridgehead atoms. The van der Waals surface area contributed by atoms with Gasteiger partial charge in [0.1, 0.15) is 11.7 Å². The molecule has 1 atom stereocenters. The summed E-state index contributed by atoms with van der Waals surface area (Å²) in [5.74, 6) is -1.07. The number of hydrogen-bond donors (Lipinski definition) is 2. The van der Waals surface area contributed by atoms with Gasteiger partial charge < -0.3 is 10.8 Å². The van der Waals surface area contributed by atoms with Gasteiger partial charge in [0, 0.05) is 0 Å². The highest BCUT2D eigenvalue weighted by Crippen LogP contribution is 2.16. The third-order valence-electron chi connectivity index (χ3n) is 1.37. The number of alkyl halides is 1. The van der Waals surface area contributed by atoms with Gasteiger partial charge in [0.2, 0.25) is 0 Å². The van der Waals surface area contributed by atoms with E-state index in [4.69, 9.17) is 10.8 Å². The fourth-order valence-corrected chi connectivity index (χ4v) is 0.622. The SMILES string of the molecule is CC(C)(F)CCC(N)C(=O)O. The third-order valence-corrected chi connectivity index (χ3v) is 1.37. The van der Waals surface area contributed by atoms with Crippen LogP contribution in [0.4, 0.5) is 4.39 Å². The maximum atomic E-state index is 12.8. The van der Waals surface area contributed by atoms with Crippen LogP contribution >= 0.6 is 0 Å². The summed E-state index contributed by atoms with van der Waals surface area (Å²) in [6.07, 6.45) is 0.360. The molecule has 0 heterocycles. The molecule has 0 aliphatic carbocycles. The lowest BCUT2D eigenvalue weighted by molar-refractivity contribution is -0.138. The Morgan fingerprint density at radius 2 is 2.18 bits per heavy atom. The van der Waals surface area contributed by atoms with E-state index in [2.05, 4.69) is 0 Å². The number of halogens is 1. The van der Waals surface area contributed by atoms with E-state index in [1.807, 2.05) is 0 Å². The number of aliphatic carboxylic acids is 1. The largest absolute Gasteiger partial charge is 0.480 e. The van der Waals surface area contributed by atoms with E-state index < -0.39 is 17.7 Å². The molecule has 1 unspecified atom stereocenters. The molecule has 0 aliphatic rings. The van der Waals surface area contributed by atoms with Crippen molar-refractivity contribution in [2.45, 2.75) is 38.4 Å². The van der Waals surface area contributed by atoms with E-state index in [-0.39, 0.29) is 12.8 Å². The monoisotopic (exact) mass is 163 g/mol. The van der Waals surface area contributed by atoms with E-state index in [0.29, 0.717) is 0 Å². The third kappa shape index (κ3) is 5.79. The van der Waals surface area contributed by atoms with Crippen LogP contribution in [0, 0.1) is 0 Å². The Hall–Kier alpha value is -0.640. The lowest BCUT2D eigenvalue weighted by atomic mass is 10.0. The number of carbonyl (C=O) groups is 1. The Kier molecular flexibility index (Phi) is 3.45. The summed E-state index contributed by atoms with van der Waals surface area (Å²) in [5.41, 5.74) is 3.83. The quantitative estimate of drug-likeness (QED) is 0.648. The van der Waals surface area contributed by atoms with Crippen molar-refractivity contribution < 1.29 is 14.3 Å². The van der Waals surface area contributed by atoms with Gasteiger partial charge in [-0.3, -0.25) is 4.79 Å². The van der Waals surface area contributed by atoms with E-state index in [1.165, 1.54) is 13.8 Å². The van der Waals surface area contributed by atoms with Crippen LogP contribution in [0.15, 0.2) is 0 Å². The van der Waals surface area contributed by atoms with Gasteiger partial charge in [-0.2, -0.15) is 0 Å². The zero-order valence-corrected chi connectivity index (χ0v) is 6.80. The van der Waals surface area contributed by atoms with Crippen LogP contribution in [0.5, 0.6) is 0 Å². The Morgan fingerprint density at radius 3 is 2.45 bits per heavy atom. The molecule has 4 heteroatoms. The number of carboxylic acids is 1. The number of nitrogens with two attached hydrogens (primary N) is 1. The molecular formula is C7H14FNO2. The molecule has 3 N–H and O–H groups in total. The van der Waals surface area contributed by atoms with Gasteiger partial charge in [0.25, 0.3) is 0 Å². The second-order valence-electron chi connectivity index (χ2n) is 3.20. The predicted octanol–water partition coefficient (Wildman–Crippen LogP) is 0.927. The van der Waals surface area contributed by atoms with Gasteiger partial charge in [0.05, 0.1) is 0 Å². The van der Waals surface area contributed by atoms with Crippen molar-refractivity contribution in [1.29, 1.82) is 0 Å². The lowest BCUT2D eigenvalue weighted by Crippen LogP contribution is -2.31. The molecule has 66 valence electrons. The first-order valence-corrected chi connectivity index (χ1v) is 3.50. The molecular weight excluding hydrogens is 149 g/mol. The highest BCUT2D eigenvalue weighted by molar-refractivity contribution is 5.72. The van der Waals surface area contributed by atoms with Crippen molar-refractivity contribution in [3.05, 3.63) is 0 Å². The number of rotatable bonds is 4. The average Bonchev–Trinajstić information content (AvgIpc) is 1.80. The predicted molar refractivity (Wildman–Crippen MR) is 40.0 cm³/mol. The van der Waals surface area contributed by atoms with Crippen LogP contribution in [0.3, 0.4) is 0 Å². The Balaban J connectivity index is 3.63. The van der Waals surface area contributed by atoms with Gasteiger partial charge in [-0.05, 0) is 26.7 Å². The van der Waals surface area contributed by atoms with Crippen LogP contribution in [-0.2, 0) is 4.79 Å². The zero-order valence-electron chi connectivity index (χ0n) is 6.80. The summed E-state index contributed by atoms with van der Waals surface area (Å²) in [4.78, 5) is 10.2. The van der Waals surface area contributed by atoms with Crippen molar-refractivity contribution in [1.82, 2.24) is 0 Å². The van der Waals surface area contributed by atoms with E-state index in [9.17, 15) is 9.18 Å². The minimum absolute atomic E-state index is 0.179. The number of hydrogen-bond acceptors (Lipinski definition) is 2. The van der Waals surface area contributed by atoms with Gasteiger partial charge >= 0.3 is 5.97 Å². The van der Waals surface area contributed by atoms with Crippen LogP contribution < -0.4 is 5.73 Å². The van der Waals surface area contributed by atoms with E-state index >= 15 is 0 Å².